The van der Waals surface area contributed by atoms with Gasteiger partial charge in [0.2, 0.25) is 0 Å². The highest BCUT2D eigenvalue weighted by Crippen LogP contribution is 2.45. The summed E-state index contributed by atoms with van der Waals surface area (Å²) < 4.78 is 6.16. The van der Waals surface area contributed by atoms with E-state index in [2.05, 4.69) is 22.2 Å². The van der Waals surface area contributed by atoms with Crippen LogP contribution < -0.4 is 10.0 Å². The molecule has 3 saturated carbocycles. The number of ether oxygens (including phenoxy) is 1. The second-order valence-corrected chi connectivity index (χ2v) is 11.6. The van der Waals surface area contributed by atoms with E-state index in [1.54, 1.807) is 0 Å². The van der Waals surface area contributed by atoms with Gasteiger partial charge in [-0.3, -0.25) is 0 Å². The lowest BCUT2D eigenvalue weighted by Crippen LogP contribution is -2.31. The molecule has 184 valence electrons. The van der Waals surface area contributed by atoms with Gasteiger partial charge in [-0.1, -0.05) is 28.3 Å². The average molecular weight is 473 g/mol. The minimum atomic E-state index is -0.0209. The van der Waals surface area contributed by atoms with Crippen molar-refractivity contribution in [2.45, 2.75) is 96.5 Å². The smallest absolute Gasteiger partial charge is 0.133 e. The van der Waals surface area contributed by atoms with Gasteiger partial charge in [-0.05, 0) is 125 Å². The van der Waals surface area contributed by atoms with Gasteiger partial charge in [-0.15, -0.1) is 0 Å². The maximum absolute atomic E-state index is 10.5. The van der Waals surface area contributed by atoms with E-state index in [1.165, 1.54) is 64.2 Å². The number of aliphatic hydroxyl groups excluding tert-OH is 1. The van der Waals surface area contributed by atoms with Gasteiger partial charge in [0.05, 0.1) is 18.0 Å². The third-order valence-electron chi connectivity index (χ3n) is 9.00. The molecule has 1 aromatic rings. The minimum Gasteiger partial charge on any atom is -0.507 e. The van der Waals surface area contributed by atoms with Gasteiger partial charge in [-0.25, -0.2) is 0 Å². The highest BCUT2D eigenvalue weighted by Gasteiger charge is 2.34. The summed E-state index contributed by atoms with van der Waals surface area (Å²) >= 11 is 0. The van der Waals surface area contributed by atoms with E-state index >= 15 is 0 Å². The summed E-state index contributed by atoms with van der Waals surface area (Å²) in [6, 6.07) is 3.95. The predicted octanol–water partition coefficient (Wildman–Crippen LogP) is 6.86. The lowest BCUT2D eigenvalue weighted by atomic mass is 9.65. The molecular formula is C29H45O3P. The molecule has 0 spiro atoms. The molecule has 1 unspecified atom stereocenters. The average Bonchev–Trinajstić information content (AvgIpc) is 2.85. The van der Waals surface area contributed by atoms with Crippen LogP contribution in [0.25, 0.3) is 6.08 Å². The van der Waals surface area contributed by atoms with Crippen molar-refractivity contribution in [2.24, 2.45) is 29.6 Å². The van der Waals surface area contributed by atoms with Gasteiger partial charge in [-0.2, -0.15) is 0 Å². The molecule has 33 heavy (non-hydrogen) atoms. The molecule has 0 aromatic heterocycles. The molecular weight excluding hydrogens is 427 g/mol. The van der Waals surface area contributed by atoms with Crippen molar-refractivity contribution >= 4 is 20.6 Å². The van der Waals surface area contributed by atoms with Crippen LogP contribution in [0.4, 0.5) is 0 Å². The molecule has 3 aliphatic rings. The molecule has 0 amide bonds. The second-order valence-electron chi connectivity index (χ2n) is 11.1. The number of aliphatic hydroxyl groups is 1. The van der Waals surface area contributed by atoms with Crippen molar-refractivity contribution in [1.29, 1.82) is 0 Å². The molecule has 2 N–H and O–H groups in total. The zero-order valence-electron chi connectivity index (χ0n) is 20.6. The third kappa shape index (κ3) is 6.55. The Hall–Kier alpha value is -1.05. The van der Waals surface area contributed by atoms with Crippen LogP contribution in [0.15, 0.2) is 18.2 Å². The lowest BCUT2D eigenvalue weighted by Gasteiger charge is -2.41. The molecule has 0 heterocycles. The van der Waals surface area contributed by atoms with Gasteiger partial charge in [0, 0.05) is 5.56 Å². The van der Waals surface area contributed by atoms with E-state index in [0.29, 0.717) is 11.7 Å². The Morgan fingerprint density at radius 1 is 0.848 bits per heavy atom. The molecule has 1 aromatic carbocycles. The van der Waals surface area contributed by atoms with Gasteiger partial charge in [0.15, 0.2) is 0 Å². The topological polar surface area (TPSA) is 49.7 Å². The predicted molar refractivity (Wildman–Crippen MR) is 141 cm³/mol. The molecule has 0 saturated heterocycles. The molecule has 1 atom stereocenters. The van der Waals surface area contributed by atoms with Crippen molar-refractivity contribution in [1.82, 2.24) is 0 Å². The summed E-state index contributed by atoms with van der Waals surface area (Å²) in [6.45, 7) is 2.86. The number of hydrogen-bond acceptors (Lipinski definition) is 3. The summed E-state index contributed by atoms with van der Waals surface area (Å²) in [7, 11) is 2.65. The fraction of sp³-hybridized carbons (Fsp3) is 0.724. The molecule has 3 nitrogen and oxygen atoms in total. The number of phenols is 1. The van der Waals surface area contributed by atoms with E-state index < -0.39 is 0 Å². The standard InChI is InChI=1S/C29H45O3P/c1-2-3-4-25-15-18-27(29(33)28(25)31)32-19-20-5-7-21(8-6-20)22-9-11-23(12-10-22)24-13-16-26(30)17-14-24/h3-4,15,18,20-24,26,30-31H,2,5-14,16-17,19,33H2,1H3/b4-3+. The SMILES string of the molecule is CC/C=C/c1ccc(OCC2CCC(C3CCC(C4CCC(O)CC4)CC3)CC2)c(P)c1O. The summed E-state index contributed by atoms with van der Waals surface area (Å²) in [5.41, 5.74) is 0.852. The zero-order chi connectivity index (χ0) is 23.2. The van der Waals surface area contributed by atoms with Crippen LogP contribution in [0.5, 0.6) is 11.5 Å². The first-order chi connectivity index (χ1) is 16.0. The largest absolute Gasteiger partial charge is 0.507 e. The molecule has 0 radical (unpaired) electrons. The van der Waals surface area contributed by atoms with Crippen molar-refractivity contribution in [3.63, 3.8) is 0 Å². The maximum Gasteiger partial charge on any atom is 0.133 e. The summed E-state index contributed by atoms with van der Waals surface area (Å²) in [6.07, 6.45) is 20.6. The molecule has 4 heteroatoms. The first-order valence-electron chi connectivity index (χ1n) is 13.6. The van der Waals surface area contributed by atoms with Crippen LogP contribution >= 0.6 is 9.24 Å². The quantitative estimate of drug-likeness (QED) is 0.426. The fourth-order valence-electron chi connectivity index (χ4n) is 6.81. The molecule has 3 fully saturated rings. The van der Waals surface area contributed by atoms with E-state index in [9.17, 15) is 10.2 Å². The Kier molecular flexibility index (Phi) is 9.17. The van der Waals surface area contributed by atoms with Crippen molar-refractivity contribution in [3.05, 3.63) is 23.8 Å². The van der Waals surface area contributed by atoms with Crippen LogP contribution in [0.3, 0.4) is 0 Å². The highest BCUT2D eigenvalue weighted by molar-refractivity contribution is 7.28. The monoisotopic (exact) mass is 472 g/mol. The van der Waals surface area contributed by atoms with E-state index in [1.807, 2.05) is 18.2 Å². The highest BCUT2D eigenvalue weighted by atomic mass is 31.0. The maximum atomic E-state index is 10.5. The zero-order valence-corrected chi connectivity index (χ0v) is 21.7. The molecule has 0 aliphatic heterocycles. The Morgan fingerprint density at radius 2 is 1.36 bits per heavy atom. The molecule has 0 bridgehead atoms. The third-order valence-corrected chi connectivity index (χ3v) is 9.56. The summed E-state index contributed by atoms with van der Waals surface area (Å²) in [4.78, 5) is 0. The second kappa shape index (κ2) is 12.1. The lowest BCUT2D eigenvalue weighted by molar-refractivity contribution is 0.0650. The number of allylic oxidation sites excluding steroid dienone is 1. The van der Waals surface area contributed by atoms with Gasteiger partial charge < -0.3 is 14.9 Å². The minimum absolute atomic E-state index is 0.0209. The van der Waals surface area contributed by atoms with Crippen LogP contribution in [-0.2, 0) is 0 Å². The summed E-state index contributed by atoms with van der Waals surface area (Å²) in [5, 5.41) is 21.0. The van der Waals surface area contributed by atoms with E-state index in [0.717, 1.165) is 66.2 Å². The van der Waals surface area contributed by atoms with E-state index in [-0.39, 0.29) is 6.10 Å². The van der Waals surface area contributed by atoms with Crippen molar-refractivity contribution < 1.29 is 14.9 Å². The first-order valence-corrected chi connectivity index (χ1v) is 14.2. The van der Waals surface area contributed by atoms with Crippen molar-refractivity contribution in [3.8, 4) is 11.5 Å². The Labute approximate surface area is 203 Å². The number of hydrogen-bond donors (Lipinski definition) is 2. The van der Waals surface area contributed by atoms with Crippen LogP contribution in [0, 0.1) is 29.6 Å². The van der Waals surface area contributed by atoms with Crippen LogP contribution in [0.1, 0.15) is 96.0 Å². The van der Waals surface area contributed by atoms with Gasteiger partial charge in [0.25, 0.3) is 0 Å². The molecule has 3 aliphatic carbocycles. The number of aromatic hydroxyl groups is 1. The van der Waals surface area contributed by atoms with Gasteiger partial charge >= 0.3 is 0 Å². The van der Waals surface area contributed by atoms with Crippen molar-refractivity contribution in [2.75, 3.05) is 6.61 Å². The Bertz CT molecular complexity index is 767. The number of rotatable bonds is 7. The first kappa shape index (κ1) is 25.1. The van der Waals surface area contributed by atoms with Crippen LogP contribution in [0.2, 0.25) is 0 Å². The van der Waals surface area contributed by atoms with Gasteiger partial charge in [0.1, 0.15) is 11.5 Å². The summed E-state index contributed by atoms with van der Waals surface area (Å²) in [5.74, 6) is 5.42. The Balaban J connectivity index is 1.19. The molecule has 4 rings (SSSR count). The number of benzene rings is 1. The number of phenolic OH excluding ortho intramolecular Hbond substituents is 1. The fourth-order valence-corrected chi connectivity index (χ4v) is 7.15. The van der Waals surface area contributed by atoms with Crippen LogP contribution in [-0.4, -0.2) is 22.9 Å². The normalized spacial score (nSPS) is 33.3. The Morgan fingerprint density at radius 3 is 1.91 bits per heavy atom. The van der Waals surface area contributed by atoms with E-state index in [4.69, 9.17) is 4.74 Å².